The van der Waals surface area contributed by atoms with Crippen LogP contribution >= 0.6 is 0 Å². The molecule has 1 aromatic rings. The van der Waals surface area contributed by atoms with Crippen LogP contribution in [0.25, 0.3) is 0 Å². The Morgan fingerprint density at radius 3 is 2.36 bits per heavy atom. The summed E-state index contributed by atoms with van der Waals surface area (Å²) in [6.45, 7) is 2.02. The summed E-state index contributed by atoms with van der Waals surface area (Å²) < 4.78 is -0.710. The van der Waals surface area contributed by atoms with Gasteiger partial charge in [0.1, 0.15) is 18.1 Å². The van der Waals surface area contributed by atoms with Crippen LogP contribution in [0.3, 0.4) is 0 Å². The van der Waals surface area contributed by atoms with E-state index in [2.05, 4.69) is 10.6 Å². The minimum Gasteiger partial charge on any atom is -0.480 e. The summed E-state index contributed by atoms with van der Waals surface area (Å²) in [6.07, 6.45) is 1.29. The second-order valence-corrected chi connectivity index (χ2v) is 8.54. The van der Waals surface area contributed by atoms with Crippen LogP contribution in [0.15, 0.2) is 30.3 Å². The van der Waals surface area contributed by atoms with Crippen LogP contribution in [-0.4, -0.2) is 76.3 Å². The fourth-order valence-electron chi connectivity index (χ4n) is 4.42. The summed E-state index contributed by atoms with van der Waals surface area (Å²) >= 11 is 0. The van der Waals surface area contributed by atoms with Gasteiger partial charge in [-0.3, -0.25) is 14.9 Å². The highest BCUT2D eigenvalue weighted by molar-refractivity contribution is 5.85. The van der Waals surface area contributed by atoms with E-state index in [0.29, 0.717) is 25.7 Å². The summed E-state index contributed by atoms with van der Waals surface area (Å²) in [5, 5.41) is 25.3. The van der Waals surface area contributed by atoms with Crippen LogP contribution < -0.4 is 16.4 Å². The van der Waals surface area contributed by atoms with Crippen molar-refractivity contribution in [2.75, 3.05) is 19.6 Å². The Balaban J connectivity index is 2.18. The van der Waals surface area contributed by atoms with Crippen molar-refractivity contribution in [1.29, 1.82) is 0 Å². The number of nitrogens with zero attached hydrogens (tertiary/aromatic N) is 1. The molecule has 3 amide bonds. The first-order valence-electron chi connectivity index (χ1n) is 11.4. The summed E-state index contributed by atoms with van der Waals surface area (Å²) in [5.74, 6) is -1.97. The Morgan fingerprint density at radius 1 is 1.12 bits per heavy atom. The smallest absolute Gasteiger partial charge is 0.480 e. The number of nitrogens with two attached hydrogens (primary N) is 1. The molecule has 0 saturated carbocycles. The average molecular weight is 464 g/mol. The monoisotopic (exact) mass is 463 g/mol. The lowest BCUT2D eigenvalue weighted by Gasteiger charge is -2.34. The molecule has 2 unspecified atom stereocenters. The molecule has 0 aliphatic carbocycles. The van der Waals surface area contributed by atoms with E-state index in [9.17, 15) is 29.4 Å². The third-order valence-electron chi connectivity index (χ3n) is 6.36. The molecule has 0 radical (unpaired) electrons. The highest BCUT2D eigenvalue weighted by Crippen LogP contribution is 2.29. The van der Waals surface area contributed by atoms with E-state index in [1.54, 1.807) is 6.92 Å². The quantitative estimate of drug-likeness (QED) is 0.228. The molecule has 10 nitrogen and oxygen atoms in total. The van der Waals surface area contributed by atoms with Crippen LogP contribution in [0, 0.1) is 0 Å². The van der Waals surface area contributed by atoms with Gasteiger partial charge in [-0.25, -0.2) is 4.79 Å². The van der Waals surface area contributed by atoms with Gasteiger partial charge in [0.25, 0.3) is 0 Å². The Morgan fingerprint density at radius 2 is 1.82 bits per heavy atom. The number of carbonyl (C=O) groups is 4. The van der Waals surface area contributed by atoms with Crippen LogP contribution in [0.4, 0.5) is 4.79 Å². The van der Waals surface area contributed by atoms with Gasteiger partial charge in [0.05, 0.1) is 13.1 Å². The molecule has 182 valence electrons. The maximum Gasteiger partial charge on any atom is 0.521 e. The van der Waals surface area contributed by atoms with E-state index < -0.39 is 40.6 Å². The molecule has 1 aliphatic heterocycles. The second-order valence-electron chi connectivity index (χ2n) is 8.54. The van der Waals surface area contributed by atoms with Crippen molar-refractivity contribution < 1.29 is 33.9 Å². The molecule has 10 heteroatoms. The van der Waals surface area contributed by atoms with Gasteiger partial charge in [0, 0.05) is 19.4 Å². The number of quaternary nitrogens is 1. The third-order valence-corrected chi connectivity index (χ3v) is 6.36. The number of aliphatic carboxylic acids is 1. The van der Waals surface area contributed by atoms with E-state index >= 15 is 0 Å². The number of imide groups is 1. The predicted molar refractivity (Wildman–Crippen MR) is 121 cm³/mol. The Bertz CT molecular complexity index is 834. The van der Waals surface area contributed by atoms with Gasteiger partial charge in [-0.2, -0.15) is 9.28 Å². The fourth-order valence-corrected chi connectivity index (χ4v) is 4.42. The fraction of sp³-hybridized carbons (Fsp3) is 0.565. The lowest BCUT2D eigenvalue weighted by Crippen LogP contribution is -2.65. The van der Waals surface area contributed by atoms with Crippen LogP contribution in [-0.2, 0) is 20.8 Å². The zero-order valence-corrected chi connectivity index (χ0v) is 19.0. The van der Waals surface area contributed by atoms with Crippen LogP contribution in [0.1, 0.15) is 44.6 Å². The van der Waals surface area contributed by atoms with Crippen molar-refractivity contribution in [1.82, 2.24) is 10.6 Å². The van der Waals surface area contributed by atoms with Crippen LogP contribution in [0.2, 0.25) is 0 Å². The Hall–Kier alpha value is -2.82. The number of carboxylic acid groups (broad SMARTS) is 2. The molecule has 0 aromatic heterocycles. The number of hydrogen-bond acceptors (Lipinski definition) is 6. The molecule has 1 saturated heterocycles. The topological polar surface area (TPSA) is 159 Å². The normalized spacial score (nSPS) is 21.8. The number of benzene rings is 1. The Labute approximate surface area is 193 Å². The van der Waals surface area contributed by atoms with Crippen molar-refractivity contribution in [2.45, 2.75) is 63.6 Å². The number of carboxylic acids is 1. The molecule has 0 spiro atoms. The first-order valence-corrected chi connectivity index (χ1v) is 11.4. The minimum absolute atomic E-state index is 0.155. The number of aryl methyl sites for hydroxylation is 1. The first-order chi connectivity index (χ1) is 15.7. The maximum atomic E-state index is 13.6. The molecular formula is C23H35N4O6+. The molecule has 0 bridgehead atoms. The van der Waals surface area contributed by atoms with Gasteiger partial charge < -0.3 is 21.3 Å². The summed E-state index contributed by atoms with van der Waals surface area (Å²) in [6, 6.07) is 7.02. The molecule has 1 aromatic carbocycles. The largest absolute Gasteiger partial charge is 0.521 e. The number of carbonyl (C=O) groups excluding carboxylic acids is 2. The SMILES string of the molecule is C[C@@H]1CCC[N+]1(C(=O)O)C(=O)[C@H](CCCNC(=O)CN)NC(CCc1ccccc1)C(=O)O. The van der Waals surface area contributed by atoms with E-state index in [0.717, 1.165) is 5.56 Å². The lowest BCUT2D eigenvalue weighted by atomic mass is 10.0. The van der Waals surface area contributed by atoms with Crippen molar-refractivity contribution in [2.24, 2.45) is 5.73 Å². The summed E-state index contributed by atoms with van der Waals surface area (Å²) in [7, 11) is 0. The molecule has 1 aliphatic rings. The number of hydrogen-bond donors (Lipinski definition) is 5. The summed E-state index contributed by atoms with van der Waals surface area (Å²) in [4.78, 5) is 49.1. The molecule has 1 heterocycles. The number of nitrogens with one attached hydrogen (secondary N) is 2. The van der Waals surface area contributed by atoms with Gasteiger partial charge in [-0.1, -0.05) is 30.3 Å². The number of amides is 3. The van der Waals surface area contributed by atoms with Gasteiger partial charge in [-0.15, -0.1) is 0 Å². The molecule has 1 fully saturated rings. The number of rotatable bonds is 12. The standard InChI is InChI=1S/C23H34N4O6/c1-16-7-6-14-27(16,23(32)33)21(29)18(10-5-13-25-20(28)15-24)26-19(22(30)31)12-11-17-8-3-2-4-9-17/h2-4,8-9,16,18-19,26H,5-7,10-15,24H2,1H3,(H2-,25,28,30,31,32,33)/p+1/t16-,18+,19?,27?/m1/s1. The van der Waals surface area contributed by atoms with Crippen molar-refractivity contribution in [3.8, 4) is 0 Å². The molecular weight excluding hydrogens is 428 g/mol. The second kappa shape index (κ2) is 12.4. The molecule has 33 heavy (non-hydrogen) atoms. The average Bonchev–Trinajstić information content (AvgIpc) is 3.20. The predicted octanol–water partition coefficient (Wildman–Crippen LogP) is 1.09. The van der Waals surface area contributed by atoms with Crippen molar-refractivity contribution in [3.05, 3.63) is 35.9 Å². The molecule has 4 atom stereocenters. The van der Waals surface area contributed by atoms with Gasteiger partial charge in [0.2, 0.25) is 5.91 Å². The van der Waals surface area contributed by atoms with Gasteiger partial charge >= 0.3 is 18.0 Å². The number of likely N-dealkylation sites (tertiary alicyclic amines) is 1. The zero-order valence-electron chi connectivity index (χ0n) is 19.0. The van der Waals surface area contributed by atoms with Crippen LogP contribution in [0.5, 0.6) is 0 Å². The first kappa shape index (κ1) is 26.4. The maximum absolute atomic E-state index is 13.6. The van der Waals surface area contributed by atoms with Crippen molar-refractivity contribution >= 4 is 23.9 Å². The van der Waals surface area contributed by atoms with Gasteiger partial charge in [0.15, 0.2) is 0 Å². The Kier molecular flexibility index (Phi) is 9.95. The van der Waals surface area contributed by atoms with E-state index in [-0.39, 0.29) is 38.4 Å². The van der Waals surface area contributed by atoms with E-state index in [4.69, 9.17) is 5.73 Å². The molecule has 6 N–H and O–H groups in total. The van der Waals surface area contributed by atoms with E-state index in [1.807, 2.05) is 30.3 Å². The van der Waals surface area contributed by atoms with E-state index in [1.165, 1.54) is 0 Å². The zero-order chi connectivity index (χ0) is 24.4. The van der Waals surface area contributed by atoms with Crippen molar-refractivity contribution in [3.63, 3.8) is 0 Å². The van der Waals surface area contributed by atoms with Gasteiger partial charge in [-0.05, 0) is 38.2 Å². The third kappa shape index (κ3) is 6.83. The lowest BCUT2D eigenvalue weighted by molar-refractivity contribution is -0.793. The summed E-state index contributed by atoms with van der Waals surface area (Å²) in [5.41, 5.74) is 6.25. The molecule has 2 rings (SSSR count). The minimum atomic E-state index is -1.22. The highest BCUT2D eigenvalue weighted by atomic mass is 16.4. The highest BCUT2D eigenvalue weighted by Gasteiger charge is 2.55.